The van der Waals surface area contributed by atoms with E-state index in [1.807, 2.05) is 0 Å². The van der Waals surface area contributed by atoms with Gasteiger partial charge in [0.15, 0.2) is 0 Å². The standard InChI is InChI=1S/C43H31N/c1-43(2)37-19-9-8-16-35(37)42-38(43)20-11-21-40(42)44(30-24-22-29(23-25-30)28-12-4-3-5-13-28)39-27-26-34-32-15-7-6-14-31(32)33-17-10-18-36(39)41(33)34/h3-27H,1-2H3. The van der Waals surface area contributed by atoms with Crippen molar-refractivity contribution in [3.63, 3.8) is 0 Å². The van der Waals surface area contributed by atoms with Gasteiger partial charge in [-0.25, -0.2) is 0 Å². The fourth-order valence-electron chi connectivity index (χ4n) is 7.75. The van der Waals surface area contributed by atoms with Crippen LogP contribution >= 0.6 is 0 Å². The highest BCUT2D eigenvalue weighted by Crippen LogP contribution is 2.56. The maximum absolute atomic E-state index is 2.50. The van der Waals surface area contributed by atoms with Crippen LogP contribution in [0.1, 0.15) is 25.0 Å². The molecule has 1 heteroatoms. The molecule has 0 heterocycles. The third kappa shape index (κ3) is 3.47. The normalized spacial score (nSPS) is 13.4. The molecule has 0 bridgehead atoms. The van der Waals surface area contributed by atoms with Crippen LogP contribution in [0, 0.1) is 0 Å². The minimum Gasteiger partial charge on any atom is -0.309 e. The Bertz CT molecular complexity index is 2210. The van der Waals surface area contributed by atoms with E-state index in [9.17, 15) is 0 Å². The van der Waals surface area contributed by atoms with Crippen molar-refractivity contribution in [1.82, 2.24) is 0 Å². The number of anilines is 3. The highest BCUT2D eigenvalue weighted by atomic mass is 15.1. The number of benzene rings is 7. The SMILES string of the molecule is CC1(C)c2ccccc2-c2c(N(c3ccc(-c4ccccc4)cc3)c3ccc4c5c(cccc35)-c3ccccc3-4)cccc21. The predicted octanol–water partition coefficient (Wildman–Crippen LogP) is 11.9. The van der Waals surface area contributed by atoms with Gasteiger partial charge >= 0.3 is 0 Å². The maximum Gasteiger partial charge on any atom is 0.0543 e. The molecular weight excluding hydrogens is 530 g/mol. The molecule has 2 aliphatic rings. The molecule has 208 valence electrons. The van der Waals surface area contributed by atoms with Crippen LogP contribution in [-0.4, -0.2) is 0 Å². The van der Waals surface area contributed by atoms with Gasteiger partial charge in [0.25, 0.3) is 0 Å². The highest BCUT2D eigenvalue weighted by Gasteiger charge is 2.38. The van der Waals surface area contributed by atoms with Crippen molar-refractivity contribution in [3.05, 3.63) is 163 Å². The number of rotatable bonds is 4. The molecule has 1 nitrogen and oxygen atoms in total. The Kier molecular flexibility index (Phi) is 5.31. The minimum absolute atomic E-state index is 0.0750. The Hall–Kier alpha value is -5.40. The van der Waals surface area contributed by atoms with Gasteiger partial charge in [0.2, 0.25) is 0 Å². The molecule has 0 amide bonds. The van der Waals surface area contributed by atoms with Crippen LogP contribution in [0.4, 0.5) is 17.1 Å². The molecule has 0 spiro atoms. The summed E-state index contributed by atoms with van der Waals surface area (Å²) in [4.78, 5) is 2.50. The van der Waals surface area contributed by atoms with E-state index >= 15 is 0 Å². The lowest BCUT2D eigenvalue weighted by molar-refractivity contribution is 0.660. The maximum atomic E-state index is 2.50. The molecule has 7 aromatic carbocycles. The summed E-state index contributed by atoms with van der Waals surface area (Å²) in [6.07, 6.45) is 0. The first-order valence-corrected chi connectivity index (χ1v) is 15.5. The summed E-state index contributed by atoms with van der Waals surface area (Å²) in [6, 6.07) is 55.8. The van der Waals surface area contributed by atoms with E-state index in [4.69, 9.17) is 0 Å². The Morgan fingerprint density at radius 1 is 0.409 bits per heavy atom. The molecule has 44 heavy (non-hydrogen) atoms. The summed E-state index contributed by atoms with van der Waals surface area (Å²) in [5.41, 5.74) is 16.6. The molecule has 0 fully saturated rings. The smallest absolute Gasteiger partial charge is 0.0543 e. The van der Waals surface area contributed by atoms with Gasteiger partial charge in [-0.2, -0.15) is 0 Å². The fraction of sp³-hybridized carbons (Fsp3) is 0.0698. The zero-order valence-corrected chi connectivity index (χ0v) is 24.9. The number of fused-ring (bicyclic) bond motifs is 6. The van der Waals surface area contributed by atoms with E-state index in [1.165, 1.54) is 77.8 Å². The first-order chi connectivity index (χ1) is 21.6. The zero-order valence-electron chi connectivity index (χ0n) is 24.9. The number of nitrogens with zero attached hydrogens (tertiary/aromatic N) is 1. The van der Waals surface area contributed by atoms with Crippen molar-refractivity contribution in [1.29, 1.82) is 0 Å². The summed E-state index contributed by atoms with van der Waals surface area (Å²) >= 11 is 0. The molecule has 0 aliphatic heterocycles. The van der Waals surface area contributed by atoms with Crippen molar-refractivity contribution < 1.29 is 0 Å². The summed E-state index contributed by atoms with van der Waals surface area (Å²) < 4.78 is 0. The largest absolute Gasteiger partial charge is 0.309 e. The lowest BCUT2D eigenvalue weighted by Crippen LogP contribution is -2.16. The minimum atomic E-state index is -0.0750. The lowest BCUT2D eigenvalue weighted by atomic mass is 9.82. The van der Waals surface area contributed by atoms with Crippen molar-refractivity contribution in [2.24, 2.45) is 0 Å². The summed E-state index contributed by atoms with van der Waals surface area (Å²) in [5, 5.41) is 2.61. The Balaban J connectivity index is 1.32. The van der Waals surface area contributed by atoms with Gasteiger partial charge < -0.3 is 4.90 Å². The Morgan fingerprint density at radius 2 is 1.00 bits per heavy atom. The summed E-state index contributed by atoms with van der Waals surface area (Å²) in [6.45, 7) is 4.72. The first kappa shape index (κ1) is 25.1. The molecule has 0 N–H and O–H groups in total. The molecule has 2 aliphatic carbocycles. The molecule has 0 saturated heterocycles. The molecule has 0 saturated carbocycles. The van der Waals surface area contributed by atoms with E-state index in [2.05, 4.69) is 170 Å². The van der Waals surface area contributed by atoms with E-state index in [0.29, 0.717) is 0 Å². The first-order valence-electron chi connectivity index (χ1n) is 15.5. The van der Waals surface area contributed by atoms with Crippen LogP contribution in [-0.2, 0) is 5.41 Å². The van der Waals surface area contributed by atoms with E-state index in [0.717, 1.165) is 5.69 Å². The monoisotopic (exact) mass is 561 g/mol. The summed E-state index contributed by atoms with van der Waals surface area (Å²) in [7, 11) is 0. The van der Waals surface area contributed by atoms with Crippen LogP contribution in [0.3, 0.4) is 0 Å². The lowest BCUT2D eigenvalue weighted by Gasteiger charge is -2.30. The van der Waals surface area contributed by atoms with Crippen molar-refractivity contribution >= 4 is 27.8 Å². The van der Waals surface area contributed by atoms with Crippen molar-refractivity contribution in [2.75, 3.05) is 4.90 Å². The van der Waals surface area contributed by atoms with Gasteiger partial charge in [0.1, 0.15) is 0 Å². The molecule has 0 radical (unpaired) electrons. The molecule has 0 unspecified atom stereocenters. The molecule has 0 atom stereocenters. The highest BCUT2D eigenvalue weighted by molar-refractivity contribution is 6.19. The molecule has 7 aromatic rings. The second-order valence-corrected chi connectivity index (χ2v) is 12.5. The predicted molar refractivity (Wildman–Crippen MR) is 186 cm³/mol. The van der Waals surface area contributed by atoms with Crippen molar-refractivity contribution in [2.45, 2.75) is 19.3 Å². The van der Waals surface area contributed by atoms with Crippen LogP contribution in [0.2, 0.25) is 0 Å². The van der Waals surface area contributed by atoms with Gasteiger partial charge in [-0.15, -0.1) is 0 Å². The van der Waals surface area contributed by atoms with Gasteiger partial charge in [-0.05, 0) is 79.7 Å². The molecule has 9 rings (SSSR count). The molecular formula is C43H31N. The average molecular weight is 562 g/mol. The van der Waals surface area contributed by atoms with Gasteiger partial charge in [0, 0.05) is 22.1 Å². The fourth-order valence-corrected chi connectivity index (χ4v) is 7.75. The topological polar surface area (TPSA) is 3.24 Å². The third-order valence-electron chi connectivity index (χ3n) is 9.83. The van der Waals surface area contributed by atoms with Crippen molar-refractivity contribution in [3.8, 4) is 44.5 Å². The Labute approximate surface area is 258 Å². The number of hydrogen-bond donors (Lipinski definition) is 0. The second-order valence-electron chi connectivity index (χ2n) is 12.5. The van der Waals surface area contributed by atoms with Gasteiger partial charge in [0.05, 0.1) is 11.4 Å². The number of hydrogen-bond acceptors (Lipinski definition) is 1. The quantitative estimate of drug-likeness (QED) is 0.207. The van der Waals surface area contributed by atoms with E-state index < -0.39 is 0 Å². The van der Waals surface area contributed by atoms with Gasteiger partial charge in [-0.3, -0.25) is 0 Å². The summed E-state index contributed by atoms with van der Waals surface area (Å²) in [5.74, 6) is 0. The average Bonchev–Trinajstić information content (AvgIpc) is 3.53. The zero-order chi connectivity index (χ0) is 29.4. The van der Waals surface area contributed by atoms with Crippen LogP contribution < -0.4 is 4.90 Å². The van der Waals surface area contributed by atoms with Gasteiger partial charge in [-0.1, -0.05) is 141 Å². The second kappa shape index (κ2) is 9.30. The van der Waals surface area contributed by atoms with E-state index in [-0.39, 0.29) is 5.41 Å². The van der Waals surface area contributed by atoms with Crippen LogP contribution in [0.15, 0.2) is 152 Å². The third-order valence-corrected chi connectivity index (χ3v) is 9.83. The Morgan fingerprint density at radius 3 is 1.77 bits per heavy atom. The van der Waals surface area contributed by atoms with Crippen LogP contribution in [0.5, 0.6) is 0 Å². The molecule has 0 aromatic heterocycles. The van der Waals surface area contributed by atoms with Crippen LogP contribution in [0.25, 0.3) is 55.3 Å². The van der Waals surface area contributed by atoms with E-state index in [1.54, 1.807) is 0 Å².